The van der Waals surface area contributed by atoms with Crippen LogP contribution in [0.4, 0.5) is 0 Å². The van der Waals surface area contributed by atoms with Crippen LogP contribution in [0.2, 0.25) is 0 Å². The number of nitrogens with one attached hydrogen (secondary N) is 1. The highest BCUT2D eigenvalue weighted by Gasteiger charge is 2.44. The molecule has 7 heteroatoms. The minimum Gasteiger partial charge on any atom is -0.345 e. The lowest BCUT2D eigenvalue weighted by atomic mass is 9.72. The van der Waals surface area contributed by atoms with E-state index in [-0.39, 0.29) is 11.5 Å². The molecule has 0 bridgehead atoms. The van der Waals surface area contributed by atoms with Crippen molar-refractivity contribution in [2.24, 2.45) is 11.3 Å². The first kappa shape index (κ1) is 20.5. The molecule has 1 aromatic heterocycles. The molecule has 0 radical (unpaired) electrons. The first-order chi connectivity index (χ1) is 12.7. The average molecular weight is 382 g/mol. The van der Waals surface area contributed by atoms with Crippen molar-refractivity contribution in [1.82, 2.24) is 9.88 Å². The van der Waals surface area contributed by atoms with E-state index < -0.39 is 17.2 Å². The van der Waals surface area contributed by atoms with Gasteiger partial charge in [0.15, 0.2) is 5.78 Å². The number of thioether (sulfide) groups is 1. The first-order valence-electron chi connectivity index (χ1n) is 8.48. The van der Waals surface area contributed by atoms with Gasteiger partial charge in [-0.05, 0) is 19.9 Å². The molecule has 0 fully saturated rings. The fraction of sp³-hybridized carbons (Fsp3) is 0.400. The van der Waals surface area contributed by atoms with Gasteiger partial charge in [-0.25, -0.2) is 0 Å². The van der Waals surface area contributed by atoms with Gasteiger partial charge in [0.1, 0.15) is 5.92 Å². The number of aromatic nitrogens is 1. The van der Waals surface area contributed by atoms with Crippen LogP contribution >= 0.6 is 11.8 Å². The van der Waals surface area contributed by atoms with Crippen LogP contribution in [-0.4, -0.2) is 22.0 Å². The molecule has 2 rings (SSSR count). The summed E-state index contributed by atoms with van der Waals surface area (Å²) in [7, 11) is 0. The number of ketones is 1. The molecule has 1 aromatic rings. The van der Waals surface area contributed by atoms with Crippen molar-refractivity contribution in [3.8, 4) is 12.1 Å². The molecular formula is C20H22N4O2S. The maximum absolute atomic E-state index is 12.7. The molecule has 1 amide bonds. The number of amides is 1. The Hall–Kier alpha value is -2.77. The number of carbonyl (C=O) groups is 2. The molecule has 140 valence electrons. The molecule has 0 aliphatic carbocycles. The molecule has 0 saturated carbocycles. The summed E-state index contributed by atoms with van der Waals surface area (Å²) in [5.41, 5.74) is 1.88. The lowest BCUT2D eigenvalue weighted by molar-refractivity contribution is -0.125. The molecule has 1 atom stereocenters. The number of aryl methyl sites for hydroxylation is 1. The molecule has 2 heterocycles. The zero-order valence-corrected chi connectivity index (χ0v) is 16.7. The van der Waals surface area contributed by atoms with Gasteiger partial charge in [-0.3, -0.25) is 9.59 Å². The SMILES string of the molecule is C=CCn1c(C)cc(C(=O)CSC2=C(C#N)C(C)(C)[C@@H](C#N)C(=O)N2)c1C. The molecule has 0 saturated heterocycles. The highest BCUT2D eigenvalue weighted by atomic mass is 32.2. The minimum atomic E-state index is -0.940. The van der Waals surface area contributed by atoms with E-state index in [4.69, 9.17) is 0 Å². The first-order valence-corrected chi connectivity index (χ1v) is 9.46. The van der Waals surface area contributed by atoms with Crippen LogP contribution in [0.15, 0.2) is 29.3 Å². The number of hydrogen-bond donors (Lipinski definition) is 1. The molecule has 1 aliphatic rings. The molecule has 1 aliphatic heterocycles. The van der Waals surface area contributed by atoms with Crippen LogP contribution in [-0.2, 0) is 11.3 Å². The van der Waals surface area contributed by atoms with E-state index in [1.807, 2.05) is 30.6 Å². The van der Waals surface area contributed by atoms with Crippen LogP contribution in [0.25, 0.3) is 0 Å². The summed E-state index contributed by atoms with van der Waals surface area (Å²) in [4.78, 5) is 24.9. The third kappa shape index (κ3) is 3.70. The number of rotatable bonds is 6. The topological polar surface area (TPSA) is 98.7 Å². The highest BCUT2D eigenvalue weighted by molar-refractivity contribution is 8.03. The van der Waals surface area contributed by atoms with Crippen LogP contribution in [0.1, 0.15) is 35.6 Å². The van der Waals surface area contributed by atoms with Crippen molar-refractivity contribution in [3.05, 3.63) is 46.3 Å². The predicted molar refractivity (Wildman–Crippen MR) is 105 cm³/mol. The molecule has 6 nitrogen and oxygen atoms in total. The van der Waals surface area contributed by atoms with Gasteiger partial charge < -0.3 is 9.88 Å². The molecule has 1 N–H and O–H groups in total. The van der Waals surface area contributed by atoms with Gasteiger partial charge in [0.05, 0.1) is 28.5 Å². The number of carbonyl (C=O) groups excluding carboxylic acids is 2. The van der Waals surface area contributed by atoms with Gasteiger partial charge in [-0.15, -0.1) is 6.58 Å². The Balaban J connectivity index is 2.27. The maximum Gasteiger partial charge on any atom is 0.243 e. The summed E-state index contributed by atoms with van der Waals surface area (Å²) in [6.07, 6.45) is 1.78. The van der Waals surface area contributed by atoms with E-state index in [1.165, 1.54) is 0 Å². The van der Waals surface area contributed by atoms with Crippen molar-refractivity contribution in [3.63, 3.8) is 0 Å². The lowest BCUT2D eigenvalue weighted by Crippen LogP contribution is -2.44. The quantitative estimate of drug-likeness (QED) is 0.601. The second-order valence-electron chi connectivity index (χ2n) is 6.98. The van der Waals surface area contributed by atoms with Crippen LogP contribution in [0.3, 0.4) is 0 Å². The Morgan fingerprint density at radius 2 is 2.11 bits per heavy atom. The van der Waals surface area contributed by atoms with Gasteiger partial charge >= 0.3 is 0 Å². The Morgan fingerprint density at radius 1 is 1.44 bits per heavy atom. The zero-order chi connectivity index (χ0) is 20.4. The minimum absolute atomic E-state index is 0.0809. The molecule has 27 heavy (non-hydrogen) atoms. The number of hydrogen-bond acceptors (Lipinski definition) is 5. The smallest absolute Gasteiger partial charge is 0.243 e. The normalized spacial score (nSPS) is 18.4. The third-order valence-electron chi connectivity index (χ3n) is 4.87. The summed E-state index contributed by atoms with van der Waals surface area (Å²) in [5.74, 6) is -1.37. The standard InChI is InChI=1S/C20H22N4O2S/c1-6-7-24-12(2)8-14(13(24)3)17(25)11-27-19-16(10-22)20(4,5)15(9-21)18(26)23-19/h6,8,15H,1,7,11H2,2-5H3,(H,23,26)/t15-/m0/s1. The Kier molecular flexibility index (Phi) is 5.98. The average Bonchev–Trinajstić information content (AvgIpc) is 2.87. The fourth-order valence-electron chi connectivity index (χ4n) is 3.24. The van der Waals surface area contributed by atoms with E-state index in [0.717, 1.165) is 23.1 Å². The van der Waals surface area contributed by atoms with Crippen molar-refractivity contribution in [1.29, 1.82) is 10.5 Å². The van der Waals surface area contributed by atoms with Crippen LogP contribution in [0, 0.1) is 47.8 Å². The summed E-state index contributed by atoms with van der Waals surface area (Å²) < 4.78 is 2.01. The van der Waals surface area contributed by atoms with Crippen LogP contribution < -0.4 is 5.32 Å². The number of nitrogens with zero attached hydrogens (tertiary/aromatic N) is 3. The predicted octanol–water partition coefficient (Wildman–Crippen LogP) is 3.24. The van der Waals surface area contributed by atoms with Crippen molar-refractivity contribution >= 4 is 23.5 Å². The molecular weight excluding hydrogens is 360 g/mol. The fourth-order valence-corrected chi connectivity index (χ4v) is 4.30. The zero-order valence-electron chi connectivity index (χ0n) is 15.9. The number of Topliss-reactive ketones (excluding diaryl/α,β-unsaturated/α-hetero) is 1. The monoisotopic (exact) mass is 382 g/mol. The maximum atomic E-state index is 12.7. The largest absolute Gasteiger partial charge is 0.345 e. The Labute approximate surface area is 163 Å². The second-order valence-corrected chi connectivity index (χ2v) is 7.97. The summed E-state index contributed by atoms with van der Waals surface area (Å²) in [6, 6.07) is 5.91. The van der Waals surface area contributed by atoms with Gasteiger partial charge in [0.25, 0.3) is 0 Å². The van der Waals surface area contributed by atoms with E-state index in [2.05, 4.69) is 18.0 Å². The van der Waals surface area contributed by atoms with Crippen molar-refractivity contribution < 1.29 is 9.59 Å². The lowest BCUT2D eigenvalue weighted by Gasteiger charge is -2.34. The van der Waals surface area contributed by atoms with E-state index in [9.17, 15) is 20.1 Å². The number of nitriles is 2. The summed E-state index contributed by atoms with van der Waals surface area (Å²) >= 11 is 1.13. The summed E-state index contributed by atoms with van der Waals surface area (Å²) in [5, 5.41) is 21.8. The van der Waals surface area contributed by atoms with Crippen LogP contribution in [0.5, 0.6) is 0 Å². The van der Waals surface area contributed by atoms with E-state index in [1.54, 1.807) is 19.9 Å². The van der Waals surface area contributed by atoms with Gasteiger partial charge in [0.2, 0.25) is 5.91 Å². The third-order valence-corrected chi connectivity index (χ3v) is 5.87. The summed E-state index contributed by atoms with van der Waals surface area (Å²) in [6.45, 7) is 11.6. The molecule has 0 aromatic carbocycles. The number of allylic oxidation sites excluding steroid dienone is 2. The highest BCUT2D eigenvalue weighted by Crippen LogP contribution is 2.41. The molecule has 0 unspecified atom stereocenters. The van der Waals surface area contributed by atoms with E-state index >= 15 is 0 Å². The van der Waals surface area contributed by atoms with Crippen molar-refractivity contribution in [2.45, 2.75) is 34.2 Å². The van der Waals surface area contributed by atoms with Gasteiger partial charge in [0, 0.05) is 28.9 Å². The second kappa shape index (κ2) is 7.85. The van der Waals surface area contributed by atoms with Gasteiger partial charge in [-0.2, -0.15) is 10.5 Å². The Morgan fingerprint density at radius 3 is 2.67 bits per heavy atom. The van der Waals surface area contributed by atoms with Gasteiger partial charge in [-0.1, -0.05) is 31.7 Å². The van der Waals surface area contributed by atoms with E-state index in [0.29, 0.717) is 22.7 Å². The molecule has 0 spiro atoms. The van der Waals surface area contributed by atoms with Crippen molar-refractivity contribution in [2.75, 3.05) is 5.75 Å². The Bertz CT molecular complexity index is 925.